The molecule has 1 aromatic carbocycles. The van der Waals surface area contributed by atoms with E-state index in [1.165, 1.54) is 17.0 Å². The normalized spacial score (nSPS) is 14.2. The van der Waals surface area contributed by atoms with Gasteiger partial charge in [-0.2, -0.15) is 0 Å². The van der Waals surface area contributed by atoms with Gasteiger partial charge in [0.2, 0.25) is 10.0 Å². The topological polar surface area (TPSA) is 120 Å². The Morgan fingerprint density at radius 2 is 2.17 bits per heavy atom. The fourth-order valence-electron chi connectivity index (χ4n) is 2.09. The standard InChI is InChI=1S/C13H18FN5O4S/c1-24(22,23)18-9-2-3-10(14)11(8-9)17-12(20)15-4-6-19-7-5-16-13(19)21/h2-3,8,18H,4-7H2,1H3,(H,16,21)(H2,15,17,20). The summed E-state index contributed by atoms with van der Waals surface area (Å²) < 4.78 is 38.2. The van der Waals surface area contributed by atoms with E-state index in [9.17, 15) is 22.4 Å². The number of hydrogen-bond acceptors (Lipinski definition) is 4. The lowest BCUT2D eigenvalue weighted by atomic mass is 10.2. The van der Waals surface area contributed by atoms with Gasteiger partial charge in [0.15, 0.2) is 0 Å². The van der Waals surface area contributed by atoms with Gasteiger partial charge in [0.1, 0.15) is 5.82 Å². The summed E-state index contributed by atoms with van der Waals surface area (Å²) in [6.45, 7) is 1.66. The first-order valence-electron chi connectivity index (χ1n) is 7.09. The van der Waals surface area contributed by atoms with Crippen molar-refractivity contribution in [3.63, 3.8) is 0 Å². The number of sulfonamides is 1. The Morgan fingerprint density at radius 3 is 2.79 bits per heavy atom. The van der Waals surface area contributed by atoms with Crippen LogP contribution in [0.1, 0.15) is 0 Å². The zero-order valence-electron chi connectivity index (χ0n) is 12.9. The molecule has 1 aliphatic heterocycles. The van der Waals surface area contributed by atoms with E-state index in [0.717, 1.165) is 12.3 Å². The molecule has 1 aromatic rings. The molecule has 132 valence electrons. The molecule has 1 heterocycles. The zero-order chi connectivity index (χ0) is 17.7. The Hall–Kier alpha value is -2.56. The number of anilines is 2. The van der Waals surface area contributed by atoms with Crippen LogP contribution in [0.15, 0.2) is 18.2 Å². The number of halogens is 1. The van der Waals surface area contributed by atoms with E-state index in [1.807, 2.05) is 0 Å². The lowest BCUT2D eigenvalue weighted by Crippen LogP contribution is -2.38. The molecule has 2 rings (SSSR count). The Kier molecular flexibility index (Phi) is 5.44. The van der Waals surface area contributed by atoms with Crippen molar-refractivity contribution < 1.29 is 22.4 Å². The second-order valence-corrected chi connectivity index (χ2v) is 6.92. The quantitative estimate of drug-likeness (QED) is 0.585. The summed E-state index contributed by atoms with van der Waals surface area (Å²) >= 11 is 0. The van der Waals surface area contributed by atoms with E-state index in [0.29, 0.717) is 19.6 Å². The molecular weight excluding hydrogens is 341 g/mol. The number of nitrogens with one attached hydrogen (secondary N) is 4. The molecular formula is C13H18FN5O4S. The summed E-state index contributed by atoms with van der Waals surface area (Å²) in [7, 11) is -3.51. The first-order chi connectivity index (χ1) is 11.2. The van der Waals surface area contributed by atoms with Gasteiger partial charge in [-0.1, -0.05) is 0 Å². The monoisotopic (exact) mass is 359 g/mol. The highest BCUT2D eigenvalue weighted by molar-refractivity contribution is 7.92. The van der Waals surface area contributed by atoms with Crippen LogP contribution in [0.4, 0.5) is 25.4 Å². The Morgan fingerprint density at radius 1 is 1.42 bits per heavy atom. The number of urea groups is 2. The van der Waals surface area contributed by atoms with Gasteiger partial charge in [0.25, 0.3) is 0 Å². The maximum absolute atomic E-state index is 13.7. The van der Waals surface area contributed by atoms with Crippen LogP contribution in [0.2, 0.25) is 0 Å². The average molecular weight is 359 g/mol. The van der Waals surface area contributed by atoms with Crippen molar-refractivity contribution in [3.8, 4) is 0 Å². The molecule has 0 aromatic heterocycles. The third kappa shape index (κ3) is 5.26. The van der Waals surface area contributed by atoms with Crippen molar-refractivity contribution in [2.45, 2.75) is 0 Å². The van der Waals surface area contributed by atoms with Crippen molar-refractivity contribution in [1.29, 1.82) is 0 Å². The molecule has 0 spiro atoms. The smallest absolute Gasteiger partial charge is 0.319 e. The third-order valence-electron chi connectivity index (χ3n) is 3.13. The van der Waals surface area contributed by atoms with Crippen LogP contribution in [-0.2, 0) is 10.0 Å². The molecule has 0 unspecified atom stereocenters. The number of amides is 4. The average Bonchev–Trinajstić information content (AvgIpc) is 2.86. The SMILES string of the molecule is CS(=O)(=O)Nc1ccc(F)c(NC(=O)NCCN2CCNC2=O)c1. The minimum absolute atomic E-state index is 0.128. The summed E-state index contributed by atoms with van der Waals surface area (Å²) in [6.07, 6.45) is 0.963. The van der Waals surface area contributed by atoms with Gasteiger partial charge in [-0.25, -0.2) is 22.4 Å². The highest BCUT2D eigenvalue weighted by atomic mass is 32.2. The van der Waals surface area contributed by atoms with Crippen LogP contribution < -0.4 is 20.7 Å². The van der Waals surface area contributed by atoms with E-state index in [1.54, 1.807) is 0 Å². The Labute approximate surface area is 138 Å². The van der Waals surface area contributed by atoms with Crippen LogP contribution >= 0.6 is 0 Å². The summed E-state index contributed by atoms with van der Waals surface area (Å²) in [4.78, 5) is 24.6. The molecule has 1 saturated heterocycles. The molecule has 4 N–H and O–H groups in total. The second-order valence-electron chi connectivity index (χ2n) is 5.17. The van der Waals surface area contributed by atoms with Crippen molar-refractivity contribution in [1.82, 2.24) is 15.5 Å². The molecule has 4 amide bonds. The molecule has 9 nitrogen and oxygen atoms in total. The Balaban J connectivity index is 1.88. The predicted octanol–water partition coefficient (Wildman–Crippen LogP) is 0.344. The minimum atomic E-state index is -3.51. The largest absolute Gasteiger partial charge is 0.336 e. The molecule has 0 atom stereocenters. The van der Waals surface area contributed by atoms with Crippen LogP contribution in [-0.4, -0.2) is 57.8 Å². The fraction of sp³-hybridized carbons (Fsp3) is 0.385. The number of hydrogen-bond donors (Lipinski definition) is 4. The summed E-state index contributed by atoms with van der Waals surface area (Å²) in [5, 5.41) is 7.42. The van der Waals surface area contributed by atoms with Gasteiger partial charge in [-0.15, -0.1) is 0 Å². The molecule has 1 fully saturated rings. The minimum Gasteiger partial charge on any atom is -0.336 e. The van der Waals surface area contributed by atoms with Gasteiger partial charge in [0.05, 0.1) is 17.6 Å². The lowest BCUT2D eigenvalue weighted by Gasteiger charge is -2.15. The van der Waals surface area contributed by atoms with E-state index in [2.05, 4.69) is 20.7 Å². The molecule has 24 heavy (non-hydrogen) atoms. The fourth-order valence-corrected chi connectivity index (χ4v) is 2.65. The van der Waals surface area contributed by atoms with Crippen LogP contribution in [0.3, 0.4) is 0 Å². The van der Waals surface area contributed by atoms with Gasteiger partial charge >= 0.3 is 12.1 Å². The van der Waals surface area contributed by atoms with E-state index >= 15 is 0 Å². The number of carbonyl (C=O) groups is 2. The van der Waals surface area contributed by atoms with Gasteiger partial charge < -0.3 is 20.9 Å². The summed E-state index contributed by atoms with van der Waals surface area (Å²) in [6, 6.07) is 2.60. The summed E-state index contributed by atoms with van der Waals surface area (Å²) in [5.41, 5.74) is -0.0389. The maximum Gasteiger partial charge on any atom is 0.319 e. The predicted molar refractivity (Wildman–Crippen MR) is 86.9 cm³/mol. The molecule has 1 aliphatic rings. The molecule has 0 aliphatic carbocycles. The van der Waals surface area contributed by atoms with Gasteiger partial charge in [0, 0.05) is 26.2 Å². The molecule has 0 saturated carbocycles. The van der Waals surface area contributed by atoms with Crippen molar-refractivity contribution in [3.05, 3.63) is 24.0 Å². The highest BCUT2D eigenvalue weighted by Crippen LogP contribution is 2.20. The van der Waals surface area contributed by atoms with Crippen molar-refractivity contribution in [2.24, 2.45) is 0 Å². The van der Waals surface area contributed by atoms with E-state index in [-0.39, 0.29) is 24.0 Å². The first kappa shape index (κ1) is 17.8. The molecule has 11 heteroatoms. The molecule has 0 radical (unpaired) electrons. The number of carbonyl (C=O) groups excluding carboxylic acids is 2. The van der Waals surface area contributed by atoms with E-state index in [4.69, 9.17) is 0 Å². The Bertz CT molecular complexity index is 740. The zero-order valence-corrected chi connectivity index (χ0v) is 13.7. The number of benzene rings is 1. The number of rotatable bonds is 6. The maximum atomic E-state index is 13.7. The van der Waals surface area contributed by atoms with Crippen LogP contribution in [0, 0.1) is 5.82 Å². The third-order valence-corrected chi connectivity index (χ3v) is 3.74. The van der Waals surface area contributed by atoms with Gasteiger partial charge in [-0.3, -0.25) is 4.72 Å². The van der Waals surface area contributed by atoms with E-state index < -0.39 is 21.9 Å². The van der Waals surface area contributed by atoms with Crippen molar-refractivity contribution in [2.75, 3.05) is 42.5 Å². The number of nitrogens with zero attached hydrogens (tertiary/aromatic N) is 1. The van der Waals surface area contributed by atoms with Crippen molar-refractivity contribution >= 4 is 33.5 Å². The molecule has 0 bridgehead atoms. The second kappa shape index (κ2) is 7.34. The van der Waals surface area contributed by atoms with Gasteiger partial charge in [-0.05, 0) is 18.2 Å². The lowest BCUT2D eigenvalue weighted by molar-refractivity contribution is 0.216. The first-order valence-corrected chi connectivity index (χ1v) is 8.99. The summed E-state index contributed by atoms with van der Waals surface area (Å²) in [5.74, 6) is -0.705. The van der Waals surface area contributed by atoms with Crippen LogP contribution in [0.25, 0.3) is 0 Å². The highest BCUT2D eigenvalue weighted by Gasteiger charge is 2.18. The van der Waals surface area contributed by atoms with Crippen LogP contribution in [0.5, 0.6) is 0 Å².